The van der Waals surface area contributed by atoms with Gasteiger partial charge in [-0.3, -0.25) is 0 Å². The number of ether oxygens (including phenoxy) is 2. The Morgan fingerprint density at radius 2 is 2.18 bits per heavy atom. The molecule has 0 spiro atoms. The number of pyridine rings is 1. The standard InChI is InChI=1S/C12H11NO4/c1-16-9-3-4-10-8(6-9)2-5-11(13-10)17-7-12(14)15/h2-6H,7H2,1H3,(H,14,15). The Morgan fingerprint density at radius 3 is 2.88 bits per heavy atom. The third-order valence-electron chi connectivity index (χ3n) is 2.21. The summed E-state index contributed by atoms with van der Waals surface area (Å²) in [6.07, 6.45) is 0. The maximum absolute atomic E-state index is 10.4. The van der Waals surface area contributed by atoms with E-state index in [-0.39, 0.29) is 0 Å². The molecular weight excluding hydrogens is 222 g/mol. The molecule has 0 saturated carbocycles. The predicted molar refractivity (Wildman–Crippen MR) is 61.4 cm³/mol. The number of hydrogen-bond acceptors (Lipinski definition) is 4. The lowest BCUT2D eigenvalue weighted by Gasteiger charge is -2.05. The van der Waals surface area contributed by atoms with Gasteiger partial charge in [0.15, 0.2) is 6.61 Å². The van der Waals surface area contributed by atoms with E-state index in [2.05, 4.69) is 4.98 Å². The first-order valence-electron chi connectivity index (χ1n) is 4.98. The van der Waals surface area contributed by atoms with Crippen LogP contribution in [-0.2, 0) is 4.79 Å². The first-order valence-corrected chi connectivity index (χ1v) is 4.98. The quantitative estimate of drug-likeness (QED) is 0.870. The molecule has 0 amide bonds. The number of carbonyl (C=O) groups is 1. The van der Waals surface area contributed by atoms with Crippen molar-refractivity contribution in [2.75, 3.05) is 13.7 Å². The number of fused-ring (bicyclic) bond motifs is 1. The van der Waals surface area contributed by atoms with E-state index in [0.29, 0.717) is 5.88 Å². The van der Waals surface area contributed by atoms with E-state index in [1.807, 2.05) is 12.1 Å². The number of hydrogen-bond donors (Lipinski definition) is 1. The van der Waals surface area contributed by atoms with Crippen molar-refractivity contribution in [3.63, 3.8) is 0 Å². The fourth-order valence-corrected chi connectivity index (χ4v) is 1.43. The molecule has 88 valence electrons. The highest BCUT2D eigenvalue weighted by Gasteiger charge is 2.03. The molecule has 0 radical (unpaired) electrons. The van der Waals surface area contributed by atoms with Crippen molar-refractivity contribution in [3.05, 3.63) is 30.3 Å². The first kappa shape index (κ1) is 11.2. The van der Waals surface area contributed by atoms with Crippen LogP contribution in [0.4, 0.5) is 0 Å². The summed E-state index contributed by atoms with van der Waals surface area (Å²) in [4.78, 5) is 14.5. The molecule has 2 aromatic rings. The average molecular weight is 233 g/mol. The second-order valence-electron chi connectivity index (χ2n) is 3.39. The first-order chi connectivity index (χ1) is 8.19. The zero-order valence-corrected chi connectivity index (χ0v) is 9.21. The van der Waals surface area contributed by atoms with E-state index in [1.165, 1.54) is 0 Å². The fraction of sp³-hybridized carbons (Fsp3) is 0.167. The topological polar surface area (TPSA) is 68.7 Å². The molecule has 5 heteroatoms. The summed E-state index contributed by atoms with van der Waals surface area (Å²) in [6.45, 7) is -0.394. The number of aromatic nitrogens is 1. The van der Waals surface area contributed by atoms with Gasteiger partial charge in [-0.2, -0.15) is 0 Å². The van der Waals surface area contributed by atoms with Crippen LogP contribution in [0.25, 0.3) is 10.9 Å². The summed E-state index contributed by atoms with van der Waals surface area (Å²) >= 11 is 0. The normalized spacial score (nSPS) is 10.2. The summed E-state index contributed by atoms with van der Waals surface area (Å²) in [6, 6.07) is 8.87. The number of methoxy groups -OCH3 is 1. The molecule has 1 aromatic heterocycles. The van der Waals surface area contributed by atoms with Crippen LogP contribution < -0.4 is 9.47 Å². The lowest BCUT2D eigenvalue weighted by molar-refractivity contribution is -0.139. The molecule has 2 rings (SSSR count). The Kier molecular flexibility index (Phi) is 3.09. The van der Waals surface area contributed by atoms with Gasteiger partial charge in [0.1, 0.15) is 5.75 Å². The van der Waals surface area contributed by atoms with Crippen LogP contribution in [0, 0.1) is 0 Å². The van der Waals surface area contributed by atoms with Crippen molar-refractivity contribution in [1.82, 2.24) is 4.98 Å². The van der Waals surface area contributed by atoms with Gasteiger partial charge in [0.2, 0.25) is 5.88 Å². The monoisotopic (exact) mass is 233 g/mol. The second kappa shape index (κ2) is 4.69. The van der Waals surface area contributed by atoms with Gasteiger partial charge in [-0.25, -0.2) is 9.78 Å². The molecule has 0 atom stereocenters. The molecule has 1 aromatic carbocycles. The molecule has 17 heavy (non-hydrogen) atoms. The van der Waals surface area contributed by atoms with Crippen LogP contribution in [0.3, 0.4) is 0 Å². The van der Waals surface area contributed by atoms with Crippen LogP contribution >= 0.6 is 0 Å². The van der Waals surface area contributed by atoms with Crippen molar-refractivity contribution in [3.8, 4) is 11.6 Å². The van der Waals surface area contributed by atoms with Gasteiger partial charge in [-0.05, 0) is 24.3 Å². The molecule has 0 aliphatic heterocycles. The van der Waals surface area contributed by atoms with E-state index in [1.54, 1.807) is 25.3 Å². The predicted octanol–water partition coefficient (Wildman–Crippen LogP) is 1.71. The summed E-state index contributed by atoms with van der Waals surface area (Å²) in [5.74, 6) is 0.0187. The molecule has 1 N–H and O–H groups in total. The SMILES string of the molecule is COc1ccc2nc(OCC(=O)O)ccc2c1. The van der Waals surface area contributed by atoms with Gasteiger partial charge in [0.25, 0.3) is 0 Å². The maximum atomic E-state index is 10.4. The molecule has 5 nitrogen and oxygen atoms in total. The molecule has 0 aliphatic carbocycles. The Hall–Kier alpha value is -2.30. The Balaban J connectivity index is 2.28. The number of rotatable bonds is 4. The van der Waals surface area contributed by atoms with Crippen molar-refractivity contribution in [2.24, 2.45) is 0 Å². The van der Waals surface area contributed by atoms with E-state index in [4.69, 9.17) is 14.6 Å². The Morgan fingerprint density at radius 1 is 1.35 bits per heavy atom. The molecule has 0 aliphatic rings. The molecule has 1 heterocycles. The summed E-state index contributed by atoms with van der Waals surface area (Å²) in [5.41, 5.74) is 0.730. The average Bonchev–Trinajstić information content (AvgIpc) is 2.35. The highest BCUT2D eigenvalue weighted by atomic mass is 16.5. The second-order valence-corrected chi connectivity index (χ2v) is 3.39. The van der Waals surface area contributed by atoms with Crippen LogP contribution in [0.15, 0.2) is 30.3 Å². The number of nitrogens with zero attached hydrogens (tertiary/aromatic N) is 1. The lowest BCUT2D eigenvalue weighted by atomic mass is 10.2. The minimum Gasteiger partial charge on any atom is -0.497 e. The highest BCUT2D eigenvalue weighted by molar-refractivity contribution is 5.80. The molecule has 0 bridgehead atoms. The van der Waals surface area contributed by atoms with E-state index in [0.717, 1.165) is 16.7 Å². The van der Waals surface area contributed by atoms with E-state index >= 15 is 0 Å². The minimum absolute atomic E-state index is 0.296. The minimum atomic E-state index is -1.03. The largest absolute Gasteiger partial charge is 0.497 e. The van der Waals surface area contributed by atoms with Crippen molar-refractivity contribution in [2.45, 2.75) is 0 Å². The molecule has 0 unspecified atom stereocenters. The summed E-state index contributed by atoms with van der Waals surface area (Å²) < 4.78 is 10.1. The van der Waals surface area contributed by atoms with Crippen LogP contribution in [-0.4, -0.2) is 29.8 Å². The number of aliphatic carboxylic acids is 1. The molecule has 0 saturated heterocycles. The smallest absolute Gasteiger partial charge is 0.341 e. The van der Waals surface area contributed by atoms with E-state index < -0.39 is 12.6 Å². The fourth-order valence-electron chi connectivity index (χ4n) is 1.43. The van der Waals surface area contributed by atoms with Crippen LogP contribution in [0.5, 0.6) is 11.6 Å². The van der Waals surface area contributed by atoms with Gasteiger partial charge >= 0.3 is 5.97 Å². The van der Waals surface area contributed by atoms with Gasteiger partial charge in [0.05, 0.1) is 12.6 Å². The van der Waals surface area contributed by atoms with Crippen LogP contribution in [0.1, 0.15) is 0 Å². The third kappa shape index (κ3) is 2.63. The third-order valence-corrected chi connectivity index (χ3v) is 2.21. The molecule has 0 fully saturated rings. The number of carboxylic acid groups (broad SMARTS) is 1. The van der Waals surface area contributed by atoms with Crippen molar-refractivity contribution < 1.29 is 19.4 Å². The zero-order chi connectivity index (χ0) is 12.3. The summed E-state index contributed by atoms with van der Waals surface area (Å²) in [7, 11) is 1.60. The zero-order valence-electron chi connectivity index (χ0n) is 9.21. The summed E-state index contributed by atoms with van der Waals surface area (Å²) in [5, 5.41) is 9.40. The van der Waals surface area contributed by atoms with Gasteiger partial charge < -0.3 is 14.6 Å². The Labute approximate surface area is 97.6 Å². The number of carboxylic acids is 1. The maximum Gasteiger partial charge on any atom is 0.341 e. The van der Waals surface area contributed by atoms with Crippen LogP contribution in [0.2, 0.25) is 0 Å². The lowest BCUT2D eigenvalue weighted by Crippen LogP contribution is -2.10. The van der Waals surface area contributed by atoms with Gasteiger partial charge in [-0.15, -0.1) is 0 Å². The molecular formula is C12H11NO4. The van der Waals surface area contributed by atoms with Crippen molar-refractivity contribution in [1.29, 1.82) is 0 Å². The van der Waals surface area contributed by atoms with E-state index in [9.17, 15) is 4.79 Å². The number of benzene rings is 1. The van der Waals surface area contributed by atoms with Crippen molar-refractivity contribution >= 4 is 16.9 Å². The Bertz CT molecular complexity index is 553. The van der Waals surface area contributed by atoms with Gasteiger partial charge in [-0.1, -0.05) is 0 Å². The van der Waals surface area contributed by atoms with Gasteiger partial charge in [0, 0.05) is 11.5 Å². The highest BCUT2D eigenvalue weighted by Crippen LogP contribution is 2.21.